The molecule has 1 fully saturated rings. The van der Waals surface area contributed by atoms with Crippen LogP contribution in [0.25, 0.3) is 11.3 Å². The van der Waals surface area contributed by atoms with Crippen molar-refractivity contribution in [1.82, 2.24) is 14.9 Å². The summed E-state index contributed by atoms with van der Waals surface area (Å²) in [6.45, 7) is 3.69. The molecule has 0 spiro atoms. The Kier molecular flexibility index (Phi) is 4.07. The molecule has 6 heteroatoms. The van der Waals surface area contributed by atoms with Gasteiger partial charge in [0.05, 0.1) is 5.69 Å². The summed E-state index contributed by atoms with van der Waals surface area (Å²) >= 11 is 3.35. The predicted octanol–water partition coefficient (Wildman–Crippen LogP) is 1.95. The highest BCUT2D eigenvalue weighted by atomic mass is 79.9. The van der Waals surface area contributed by atoms with Crippen LogP contribution in [0, 0.1) is 0 Å². The first kappa shape index (κ1) is 14.3. The molecule has 1 saturated heterocycles. The molecule has 1 aromatic carbocycles. The number of aromatic amines is 1. The van der Waals surface area contributed by atoms with E-state index < -0.39 is 0 Å². The van der Waals surface area contributed by atoms with Crippen molar-refractivity contribution < 1.29 is 0 Å². The molecule has 0 aliphatic carbocycles. The first-order chi connectivity index (χ1) is 10.1. The second kappa shape index (κ2) is 5.99. The maximum Gasteiger partial charge on any atom is 0.267 e. The number of piperazine rings is 1. The van der Waals surface area contributed by atoms with Gasteiger partial charge in [0.2, 0.25) is 5.95 Å². The molecular formula is C15H17BrN4O. The maximum absolute atomic E-state index is 12.2. The topological polar surface area (TPSA) is 52.2 Å². The molecule has 1 N–H and O–H groups in total. The van der Waals surface area contributed by atoms with Crippen molar-refractivity contribution in [2.75, 3.05) is 38.1 Å². The van der Waals surface area contributed by atoms with Gasteiger partial charge < -0.3 is 9.80 Å². The zero-order valence-corrected chi connectivity index (χ0v) is 13.4. The Morgan fingerprint density at radius 1 is 1.14 bits per heavy atom. The quantitative estimate of drug-likeness (QED) is 0.901. The molecule has 3 rings (SSSR count). The zero-order valence-electron chi connectivity index (χ0n) is 11.8. The second-order valence-corrected chi connectivity index (χ2v) is 6.00. The number of hydrogen-bond acceptors (Lipinski definition) is 4. The lowest BCUT2D eigenvalue weighted by molar-refractivity contribution is 0.311. The Labute approximate surface area is 131 Å². The van der Waals surface area contributed by atoms with E-state index in [1.165, 1.54) is 0 Å². The lowest BCUT2D eigenvalue weighted by atomic mass is 10.1. The van der Waals surface area contributed by atoms with Crippen LogP contribution in [0.4, 0.5) is 5.95 Å². The summed E-state index contributed by atoms with van der Waals surface area (Å²) in [6, 6.07) is 9.76. The monoisotopic (exact) mass is 348 g/mol. The van der Waals surface area contributed by atoms with Gasteiger partial charge >= 0.3 is 0 Å². The van der Waals surface area contributed by atoms with Gasteiger partial charge in [0.15, 0.2) is 0 Å². The van der Waals surface area contributed by atoms with Gasteiger partial charge in [0.1, 0.15) is 4.47 Å². The SMILES string of the molecule is CN1CCN(c2nc(-c3ccccc3)c(Br)c(=O)[nH]2)CC1. The average Bonchev–Trinajstić information content (AvgIpc) is 2.51. The standard InChI is InChI=1S/C15H17BrN4O/c1-19-7-9-20(10-8-19)15-17-13(12(16)14(21)18-15)11-5-3-2-4-6-11/h2-6H,7-10H2,1H3,(H,17,18,21). The summed E-state index contributed by atoms with van der Waals surface area (Å²) in [7, 11) is 2.10. The van der Waals surface area contributed by atoms with Gasteiger partial charge in [0, 0.05) is 31.7 Å². The maximum atomic E-state index is 12.2. The summed E-state index contributed by atoms with van der Waals surface area (Å²) in [5, 5.41) is 0. The Morgan fingerprint density at radius 2 is 1.81 bits per heavy atom. The molecular weight excluding hydrogens is 332 g/mol. The summed E-state index contributed by atoms with van der Waals surface area (Å²) < 4.78 is 0.478. The van der Waals surface area contributed by atoms with Crippen molar-refractivity contribution in [2.24, 2.45) is 0 Å². The lowest BCUT2D eigenvalue weighted by Crippen LogP contribution is -2.45. The molecule has 0 atom stereocenters. The molecule has 0 unspecified atom stereocenters. The number of aromatic nitrogens is 2. The van der Waals surface area contributed by atoms with Crippen LogP contribution in [0.3, 0.4) is 0 Å². The van der Waals surface area contributed by atoms with E-state index in [9.17, 15) is 4.79 Å². The van der Waals surface area contributed by atoms with Gasteiger partial charge in [-0.3, -0.25) is 9.78 Å². The van der Waals surface area contributed by atoms with Gasteiger partial charge in [-0.1, -0.05) is 30.3 Å². The predicted molar refractivity (Wildman–Crippen MR) is 87.7 cm³/mol. The van der Waals surface area contributed by atoms with Crippen LogP contribution < -0.4 is 10.5 Å². The minimum absolute atomic E-state index is 0.141. The van der Waals surface area contributed by atoms with Gasteiger partial charge in [-0.2, -0.15) is 0 Å². The van der Waals surface area contributed by atoms with Crippen LogP contribution >= 0.6 is 15.9 Å². The zero-order chi connectivity index (χ0) is 14.8. The second-order valence-electron chi connectivity index (χ2n) is 5.21. The fourth-order valence-electron chi connectivity index (χ4n) is 2.40. The summed E-state index contributed by atoms with van der Waals surface area (Å²) in [5.41, 5.74) is 1.48. The number of rotatable bonds is 2. The van der Waals surface area contributed by atoms with Crippen LogP contribution in [0.5, 0.6) is 0 Å². The van der Waals surface area contributed by atoms with Crippen molar-refractivity contribution in [3.05, 3.63) is 45.2 Å². The molecule has 2 heterocycles. The summed E-state index contributed by atoms with van der Waals surface area (Å²) in [4.78, 5) is 24.1. The normalized spacial score (nSPS) is 16.2. The molecule has 1 aromatic heterocycles. The first-order valence-corrected chi connectivity index (χ1v) is 7.73. The highest BCUT2D eigenvalue weighted by molar-refractivity contribution is 9.10. The van der Waals surface area contributed by atoms with Crippen molar-refractivity contribution in [2.45, 2.75) is 0 Å². The van der Waals surface area contributed by atoms with Gasteiger partial charge in [-0.05, 0) is 23.0 Å². The third-order valence-corrected chi connectivity index (χ3v) is 4.44. The van der Waals surface area contributed by atoms with E-state index in [-0.39, 0.29) is 5.56 Å². The minimum Gasteiger partial charge on any atom is -0.340 e. The number of likely N-dealkylation sites (N-methyl/N-ethyl adjacent to an activating group) is 1. The van der Waals surface area contributed by atoms with Crippen LogP contribution in [-0.2, 0) is 0 Å². The molecule has 2 aromatic rings. The Balaban J connectivity index is 2.00. The number of anilines is 1. The lowest BCUT2D eigenvalue weighted by Gasteiger charge is -2.32. The van der Waals surface area contributed by atoms with Gasteiger partial charge in [0.25, 0.3) is 5.56 Å². The summed E-state index contributed by atoms with van der Waals surface area (Å²) in [6.07, 6.45) is 0. The largest absolute Gasteiger partial charge is 0.340 e. The number of halogens is 1. The number of nitrogens with one attached hydrogen (secondary N) is 1. The van der Waals surface area contributed by atoms with E-state index in [0.717, 1.165) is 31.7 Å². The Morgan fingerprint density at radius 3 is 2.48 bits per heavy atom. The molecule has 1 aliphatic rings. The van der Waals surface area contributed by atoms with E-state index in [4.69, 9.17) is 0 Å². The molecule has 1 aliphatic heterocycles. The highest BCUT2D eigenvalue weighted by Gasteiger charge is 2.19. The highest BCUT2D eigenvalue weighted by Crippen LogP contribution is 2.24. The smallest absolute Gasteiger partial charge is 0.267 e. The fraction of sp³-hybridized carbons (Fsp3) is 0.333. The first-order valence-electron chi connectivity index (χ1n) is 6.94. The Bertz CT molecular complexity index is 678. The van der Waals surface area contributed by atoms with E-state index in [0.29, 0.717) is 16.1 Å². The number of H-pyrrole nitrogens is 1. The van der Waals surface area contributed by atoms with Crippen LogP contribution in [-0.4, -0.2) is 48.1 Å². The Hall–Kier alpha value is -1.66. The summed E-state index contributed by atoms with van der Waals surface area (Å²) in [5.74, 6) is 0.648. The average molecular weight is 349 g/mol. The van der Waals surface area contributed by atoms with Crippen molar-refractivity contribution >= 4 is 21.9 Å². The van der Waals surface area contributed by atoms with E-state index in [2.05, 4.69) is 42.7 Å². The molecule has 110 valence electrons. The molecule has 0 bridgehead atoms. The molecule has 0 radical (unpaired) electrons. The third kappa shape index (κ3) is 3.01. The van der Waals surface area contributed by atoms with Crippen molar-refractivity contribution in [3.63, 3.8) is 0 Å². The number of benzene rings is 1. The van der Waals surface area contributed by atoms with Crippen LogP contribution in [0.2, 0.25) is 0 Å². The minimum atomic E-state index is -0.141. The molecule has 0 amide bonds. The molecule has 21 heavy (non-hydrogen) atoms. The molecule has 0 saturated carbocycles. The van der Waals surface area contributed by atoms with Crippen LogP contribution in [0.15, 0.2) is 39.6 Å². The number of hydrogen-bond donors (Lipinski definition) is 1. The van der Waals surface area contributed by atoms with E-state index >= 15 is 0 Å². The van der Waals surface area contributed by atoms with Crippen molar-refractivity contribution in [1.29, 1.82) is 0 Å². The van der Waals surface area contributed by atoms with Crippen LogP contribution in [0.1, 0.15) is 0 Å². The van der Waals surface area contributed by atoms with Gasteiger partial charge in [-0.25, -0.2) is 4.98 Å². The number of nitrogens with zero attached hydrogens (tertiary/aromatic N) is 3. The molecule has 5 nitrogen and oxygen atoms in total. The van der Waals surface area contributed by atoms with Gasteiger partial charge in [-0.15, -0.1) is 0 Å². The van der Waals surface area contributed by atoms with Crippen molar-refractivity contribution in [3.8, 4) is 11.3 Å². The van der Waals surface area contributed by atoms with E-state index in [1.54, 1.807) is 0 Å². The third-order valence-electron chi connectivity index (χ3n) is 3.70. The fourth-order valence-corrected chi connectivity index (χ4v) is 2.82. The van der Waals surface area contributed by atoms with E-state index in [1.807, 2.05) is 30.3 Å².